The molecule has 1 aliphatic carbocycles. The second-order valence-corrected chi connectivity index (χ2v) is 5.51. The molecule has 2 aliphatic rings. The van der Waals surface area contributed by atoms with Gasteiger partial charge in [-0.15, -0.1) is 0 Å². The van der Waals surface area contributed by atoms with Crippen LogP contribution in [-0.2, 0) is 11.2 Å². The second-order valence-electron chi connectivity index (χ2n) is 5.51. The molecule has 3 nitrogen and oxygen atoms in total. The van der Waals surface area contributed by atoms with Crippen LogP contribution in [-0.4, -0.2) is 16.6 Å². The molecule has 0 saturated heterocycles. The average molecular weight is 286 g/mol. The Hall–Kier alpha value is -2.81. The smallest absolute Gasteiger partial charge is 0.267 e. The number of carbonyl (C=O) groups excluding carboxylic acids is 1. The Bertz CT molecular complexity index is 887. The van der Waals surface area contributed by atoms with Crippen molar-refractivity contribution in [3.63, 3.8) is 0 Å². The topological polar surface area (TPSA) is 42.3 Å². The van der Waals surface area contributed by atoms with Crippen LogP contribution in [0.3, 0.4) is 0 Å². The Morgan fingerprint density at radius 3 is 3.05 bits per heavy atom. The van der Waals surface area contributed by atoms with E-state index in [1.807, 2.05) is 48.6 Å². The van der Waals surface area contributed by atoms with E-state index in [9.17, 15) is 4.79 Å². The first-order valence-electron chi connectivity index (χ1n) is 7.32. The lowest BCUT2D eigenvalue weighted by Gasteiger charge is -2.18. The van der Waals surface area contributed by atoms with Crippen LogP contribution in [0.1, 0.15) is 5.56 Å². The molecule has 0 radical (unpaired) electrons. The van der Waals surface area contributed by atoms with Gasteiger partial charge in [0, 0.05) is 29.5 Å². The number of nitrogens with zero attached hydrogens (tertiary/aromatic N) is 2. The number of fused-ring (bicyclic) bond motifs is 2. The molecule has 0 bridgehead atoms. The third-order valence-corrected chi connectivity index (χ3v) is 3.99. The fraction of sp³-hybridized carbons (Fsp3) is 0.105. The summed E-state index contributed by atoms with van der Waals surface area (Å²) < 4.78 is 0. The number of pyridine rings is 1. The second kappa shape index (κ2) is 5.19. The molecule has 1 atom stereocenters. The van der Waals surface area contributed by atoms with Crippen LogP contribution in [0.5, 0.6) is 0 Å². The van der Waals surface area contributed by atoms with Gasteiger partial charge in [-0.1, -0.05) is 36.4 Å². The number of aromatic nitrogens is 1. The molecule has 1 amide bonds. The molecular formula is C19H14N2O. The molecule has 3 heteroatoms. The van der Waals surface area contributed by atoms with Crippen LogP contribution in [0, 0.1) is 5.92 Å². The van der Waals surface area contributed by atoms with Gasteiger partial charge in [0.25, 0.3) is 5.91 Å². The van der Waals surface area contributed by atoms with Crippen molar-refractivity contribution in [3.05, 3.63) is 78.0 Å². The number of amides is 1. The van der Waals surface area contributed by atoms with Gasteiger partial charge in [0.1, 0.15) is 0 Å². The molecule has 1 aromatic carbocycles. The first kappa shape index (κ1) is 12.9. The summed E-state index contributed by atoms with van der Waals surface area (Å²) in [7, 11) is 0. The normalized spacial score (nSPS) is 19.8. The van der Waals surface area contributed by atoms with E-state index in [1.54, 1.807) is 6.20 Å². The fourth-order valence-electron chi connectivity index (χ4n) is 2.87. The van der Waals surface area contributed by atoms with Crippen molar-refractivity contribution in [2.75, 3.05) is 0 Å². The number of aliphatic imine (C=N–C) groups is 1. The fourth-order valence-corrected chi connectivity index (χ4v) is 2.87. The molecule has 1 aliphatic heterocycles. The maximum absolute atomic E-state index is 12.2. The minimum atomic E-state index is -0.127. The summed E-state index contributed by atoms with van der Waals surface area (Å²) >= 11 is 0. The molecule has 0 saturated carbocycles. The quantitative estimate of drug-likeness (QED) is 0.848. The largest absolute Gasteiger partial charge is 0.273 e. The number of benzene rings is 1. The van der Waals surface area contributed by atoms with Gasteiger partial charge >= 0.3 is 0 Å². The monoisotopic (exact) mass is 286 g/mol. The van der Waals surface area contributed by atoms with Crippen LogP contribution in [0.4, 0.5) is 0 Å². The first-order chi connectivity index (χ1) is 10.8. The zero-order chi connectivity index (χ0) is 14.9. The van der Waals surface area contributed by atoms with Gasteiger partial charge in [-0.25, -0.2) is 4.99 Å². The van der Waals surface area contributed by atoms with Crippen molar-refractivity contribution in [2.45, 2.75) is 6.42 Å². The maximum atomic E-state index is 12.2. The minimum Gasteiger partial charge on any atom is -0.267 e. The molecule has 106 valence electrons. The molecule has 0 spiro atoms. The van der Waals surface area contributed by atoms with Crippen molar-refractivity contribution in [2.24, 2.45) is 10.9 Å². The van der Waals surface area contributed by atoms with Gasteiger partial charge in [0.2, 0.25) is 0 Å². The highest BCUT2D eigenvalue weighted by molar-refractivity contribution is 6.13. The number of carbonyl (C=O) groups is 1. The predicted molar refractivity (Wildman–Crippen MR) is 87.7 cm³/mol. The molecule has 0 N–H and O–H groups in total. The zero-order valence-electron chi connectivity index (χ0n) is 11.9. The summed E-state index contributed by atoms with van der Waals surface area (Å²) in [5.74, 6) is -0.00249. The van der Waals surface area contributed by atoms with Gasteiger partial charge in [0.15, 0.2) is 0 Å². The molecule has 2 heterocycles. The number of rotatable bonds is 2. The summed E-state index contributed by atoms with van der Waals surface area (Å²) in [4.78, 5) is 20.7. The highest BCUT2D eigenvalue weighted by Gasteiger charge is 2.22. The molecule has 4 rings (SSSR count). The standard InChI is InChI=1S/C19H14N2O/c22-19-16(12-15-4-1-2-6-18(15)21-19)11-13-7-8-17-14(10-13)5-3-9-20-17/h1-10,12,15H,11H2. The van der Waals surface area contributed by atoms with E-state index in [4.69, 9.17) is 0 Å². The lowest BCUT2D eigenvalue weighted by atomic mass is 9.90. The number of dihydropyridines is 1. The minimum absolute atomic E-state index is 0.125. The summed E-state index contributed by atoms with van der Waals surface area (Å²) in [6.07, 6.45) is 12.3. The van der Waals surface area contributed by atoms with E-state index in [1.165, 1.54) is 0 Å². The van der Waals surface area contributed by atoms with E-state index in [0.29, 0.717) is 6.42 Å². The Labute approximate surface area is 128 Å². The van der Waals surface area contributed by atoms with E-state index >= 15 is 0 Å². The van der Waals surface area contributed by atoms with Crippen molar-refractivity contribution in [1.82, 2.24) is 4.98 Å². The molecule has 1 unspecified atom stereocenters. The summed E-state index contributed by atoms with van der Waals surface area (Å²) in [6.45, 7) is 0. The number of hydrogen-bond acceptors (Lipinski definition) is 2. The summed E-state index contributed by atoms with van der Waals surface area (Å²) in [6, 6.07) is 10.1. The molecule has 22 heavy (non-hydrogen) atoms. The Kier molecular flexibility index (Phi) is 3.04. The van der Waals surface area contributed by atoms with Gasteiger partial charge in [-0.3, -0.25) is 9.78 Å². The van der Waals surface area contributed by atoms with Crippen LogP contribution in [0.25, 0.3) is 10.9 Å². The third kappa shape index (κ3) is 2.31. The van der Waals surface area contributed by atoms with E-state index in [0.717, 1.165) is 27.8 Å². The van der Waals surface area contributed by atoms with Crippen molar-refractivity contribution in [1.29, 1.82) is 0 Å². The van der Waals surface area contributed by atoms with Crippen LogP contribution >= 0.6 is 0 Å². The zero-order valence-corrected chi connectivity index (χ0v) is 11.9. The van der Waals surface area contributed by atoms with Crippen LogP contribution < -0.4 is 0 Å². The van der Waals surface area contributed by atoms with Crippen molar-refractivity contribution < 1.29 is 4.79 Å². The summed E-state index contributed by atoms with van der Waals surface area (Å²) in [5.41, 5.74) is 3.67. The average Bonchev–Trinajstić information content (AvgIpc) is 2.55. The maximum Gasteiger partial charge on any atom is 0.273 e. The Morgan fingerprint density at radius 1 is 1.14 bits per heavy atom. The lowest BCUT2D eigenvalue weighted by Crippen LogP contribution is -2.20. The number of allylic oxidation sites excluding steroid dienone is 5. The highest BCUT2D eigenvalue weighted by atomic mass is 16.1. The Morgan fingerprint density at radius 2 is 2.09 bits per heavy atom. The molecule has 2 aromatic rings. The Balaban J connectivity index is 1.65. The van der Waals surface area contributed by atoms with Gasteiger partial charge in [-0.2, -0.15) is 0 Å². The lowest BCUT2D eigenvalue weighted by molar-refractivity contribution is -0.114. The van der Waals surface area contributed by atoms with Gasteiger partial charge in [0.05, 0.1) is 11.2 Å². The third-order valence-electron chi connectivity index (χ3n) is 3.99. The summed E-state index contributed by atoms with van der Waals surface area (Å²) in [5, 5.41) is 1.09. The molecular weight excluding hydrogens is 272 g/mol. The molecule has 1 aromatic heterocycles. The SMILES string of the molecule is O=C1N=C2C=CC=CC2C=C1Cc1ccc2ncccc2c1. The van der Waals surface area contributed by atoms with E-state index in [2.05, 4.69) is 22.1 Å². The van der Waals surface area contributed by atoms with Crippen LogP contribution in [0.2, 0.25) is 0 Å². The van der Waals surface area contributed by atoms with Gasteiger partial charge in [-0.05, 0) is 29.8 Å². The van der Waals surface area contributed by atoms with Crippen molar-refractivity contribution in [3.8, 4) is 0 Å². The van der Waals surface area contributed by atoms with E-state index < -0.39 is 0 Å². The highest BCUT2D eigenvalue weighted by Crippen LogP contribution is 2.23. The number of hydrogen-bond donors (Lipinski definition) is 0. The van der Waals surface area contributed by atoms with Gasteiger partial charge < -0.3 is 0 Å². The van der Waals surface area contributed by atoms with Crippen molar-refractivity contribution >= 4 is 22.5 Å². The predicted octanol–water partition coefficient (Wildman–Crippen LogP) is 3.43. The van der Waals surface area contributed by atoms with Crippen LogP contribution in [0.15, 0.2) is 77.5 Å². The molecule has 0 fully saturated rings. The van der Waals surface area contributed by atoms with E-state index in [-0.39, 0.29) is 11.8 Å². The first-order valence-corrected chi connectivity index (χ1v) is 7.32.